The molecule has 3 aromatic rings. The predicted octanol–water partition coefficient (Wildman–Crippen LogP) is 5.74. The Hall–Kier alpha value is -4.96. The molecule has 2 saturated heterocycles. The van der Waals surface area contributed by atoms with Crippen molar-refractivity contribution in [3.63, 3.8) is 0 Å². The average Bonchev–Trinajstić information content (AvgIpc) is 4.11. The van der Waals surface area contributed by atoms with Crippen LogP contribution in [0.4, 0.5) is 4.79 Å². The Morgan fingerprint density at radius 2 is 1.77 bits per heavy atom. The second kappa shape index (κ2) is 15.8. The summed E-state index contributed by atoms with van der Waals surface area (Å²) in [5.41, 5.74) is -0.214. The number of piperazine rings is 1. The highest BCUT2D eigenvalue weighted by atomic mass is 35.5. The number of rotatable bonds is 12. The molecule has 0 radical (unpaired) electrons. The first-order valence-corrected chi connectivity index (χ1v) is 22.3. The van der Waals surface area contributed by atoms with Crippen molar-refractivity contribution in [2.24, 2.45) is 11.8 Å². The summed E-state index contributed by atoms with van der Waals surface area (Å²) in [6, 6.07) is 7.80. The van der Waals surface area contributed by atoms with Crippen molar-refractivity contribution in [3.05, 3.63) is 59.8 Å². The van der Waals surface area contributed by atoms with Gasteiger partial charge in [-0.15, -0.1) is 6.58 Å². The molecule has 2 N–H and O–H groups in total. The fourth-order valence-electron chi connectivity index (χ4n) is 8.23. The van der Waals surface area contributed by atoms with Crippen LogP contribution in [-0.2, 0) is 29.1 Å². The minimum Gasteiger partial charge on any atom is -0.495 e. The minimum absolute atomic E-state index is 0.0407. The van der Waals surface area contributed by atoms with Crippen LogP contribution in [-0.4, -0.2) is 106 Å². The smallest absolute Gasteiger partial charge is 0.411 e. The maximum absolute atomic E-state index is 14.8. The zero-order valence-corrected chi connectivity index (χ0v) is 36.7. The van der Waals surface area contributed by atoms with Crippen molar-refractivity contribution in [1.29, 1.82) is 0 Å². The summed E-state index contributed by atoms with van der Waals surface area (Å²) in [6.07, 6.45) is 0.891. The second-order valence-corrected chi connectivity index (χ2v) is 20.1. The molecule has 2 aliphatic carbocycles. The van der Waals surface area contributed by atoms with Crippen LogP contribution in [0.2, 0.25) is 5.02 Å². The Balaban J connectivity index is 1.30. The molecule has 60 heavy (non-hydrogen) atoms. The second-order valence-electron chi connectivity index (χ2n) is 17.8. The number of halogens is 1. The first-order chi connectivity index (χ1) is 28.2. The van der Waals surface area contributed by atoms with Crippen LogP contribution >= 0.6 is 11.6 Å². The van der Waals surface area contributed by atoms with Crippen LogP contribution in [0.1, 0.15) is 85.8 Å². The van der Waals surface area contributed by atoms with Gasteiger partial charge in [0.1, 0.15) is 45.8 Å². The van der Waals surface area contributed by atoms with Crippen molar-refractivity contribution in [2.45, 2.75) is 121 Å². The summed E-state index contributed by atoms with van der Waals surface area (Å²) in [6.45, 7) is 16.7. The fraction of sp³-hybridized carbons (Fsp3) is 0.535. The summed E-state index contributed by atoms with van der Waals surface area (Å²) in [5, 5.41) is 2.94. The Morgan fingerprint density at radius 1 is 1.05 bits per heavy atom. The molecule has 4 heterocycles. The van der Waals surface area contributed by atoms with E-state index in [1.54, 1.807) is 39.0 Å². The number of carbonyl (C=O) groups excluding carboxylic acids is 4. The zero-order chi connectivity index (χ0) is 43.6. The van der Waals surface area contributed by atoms with Gasteiger partial charge in [0, 0.05) is 36.0 Å². The molecular weight excluding hydrogens is 812 g/mol. The molecule has 322 valence electrons. The molecule has 17 heteroatoms. The molecule has 4 fully saturated rings. The van der Waals surface area contributed by atoms with Gasteiger partial charge in [0.15, 0.2) is 0 Å². The van der Waals surface area contributed by atoms with Gasteiger partial charge in [0.05, 0.1) is 35.3 Å². The van der Waals surface area contributed by atoms with E-state index >= 15 is 0 Å². The van der Waals surface area contributed by atoms with Crippen molar-refractivity contribution < 1.29 is 41.8 Å². The van der Waals surface area contributed by atoms with Crippen LogP contribution < -0.4 is 19.5 Å². The van der Waals surface area contributed by atoms with Gasteiger partial charge in [-0.3, -0.25) is 29.0 Å². The van der Waals surface area contributed by atoms with E-state index in [4.69, 9.17) is 35.8 Å². The lowest BCUT2D eigenvalue weighted by Gasteiger charge is -2.46. The van der Waals surface area contributed by atoms with Crippen LogP contribution in [0, 0.1) is 11.8 Å². The SMILES string of the molecule is C=C[C@@H]1C[C@]1(NC(=O)[C@@H]1C[C@@H](Oc2cc(-c3cccc(C(C)C)n3)nc3c(Cl)c(OC)ccc23)[C@H]2CN(C(=O)OC(C)(C)C)[C@H](C(C)C)C(=O)N21)C(=O)NS(=O)(=O)C1CC1. The number of amides is 4. The van der Waals surface area contributed by atoms with E-state index in [1.807, 2.05) is 45.9 Å². The topological polar surface area (TPSA) is 186 Å². The Labute approximate surface area is 355 Å². The van der Waals surface area contributed by atoms with Crippen molar-refractivity contribution in [3.8, 4) is 22.9 Å². The standard InChI is InChI=1S/C43H53ClN6O9S/c1-10-24-20-43(24,40(53)48-60(55,56)25-14-15-25)47-38(51)30-19-34(31-21-49(41(54)59-42(6,7)8)37(23(4)5)39(52)50(30)31)58-33-18-29(28-13-11-12-27(45-28)22(2)3)46-36-26(33)16-17-32(57-9)35(36)44/h10-13,16-18,22-25,30-31,34,37H,1,14-15,19-21H2,2-9H3,(H,47,51)(H,48,53)/t24-,30+,31-,34-,37-,43-/m1/s1. The first kappa shape index (κ1) is 43.1. The maximum Gasteiger partial charge on any atom is 0.411 e. The third-order valence-electron chi connectivity index (χ3n) is 11.6. The average molecular weight is 865 g/mol. The lowest BCUT2D eigenvalue weighted by molar-refractivity contribution is -0.153. The largest absolute Gasteiger partial charge is 0.495 e. The number of nitrogens with one attached hydrogen (secondary N) is 2. The van der Waals surface area contributed by atoms with Crippen LogP contribution in [0.5, 0.6) is 11.5 Å². The number of ether oxygens (including phenoxy) is 3. The highest BCUT2D eigenvalue weighted by Gasteiger charge is 2.63. The molecule has 15 nitrogen and oxygen atoms in total. The molecule has 0 spiro atoms. The molecule has 6 atom stereocenters. The van der Waals surface area contributed by atoms with Crippen LogP contribution in [0.25, 0.3) is 22.3 Å². The number of fused-ring (bicyclic) bond motifs is 2. The Kier molecular flexibility index (Phi) is 11.4. The van der Waals surface area contributed by atoms with Crippen molar-refractivity contribution in [2.75, 3.05) is 13.7 Å². The summed E-state index contributed by atoms with van der Waals surface area (Å²) >= 11 is 6.89. The number of benzene rings is 1. The molecule has 4 aliphatic rings. The predicted molar refractivity (Wildman–Crippen MR) is 225 cm³/mol. The summed E-state index contributed by atoms with van der Waals surface area (Å²) in [4.78, 5) is 69.6. The van der Waals surface area contributed by atoms with E-state index in [9.17, 15) is 27.6 Å². The number of hydrogen-bond acceptors (Lipinski definition) is 11. The lowest BCUT2D eigenvalue weighted by Crippen LogP contribution is -2.67. The van der Waals surface area contributed by atoms with Gasteiger partial charge in [-0.2, -0.15) is 0 Å². The number of methoxy groups -OCH3 is 1. The van der Waals surface area contributed by atoms with E-state index < -0.39 is 80.4 Å². The molecule has 2 aromatic heterocycles. The van der Waals surface area contributed by atoms with Gasteiger partial charge in [0.25, 0.3) is 5.91 Å². The molecule has 0 unspecified atom stereocenters. The first-order valence-electron chi connectivity index (χ1n) is 20.3. The number of sulfonamides is 1. The molecule has 7 rings (SSSR count). The number of nitrogens with zero attached hydrogens (tertiary/aromatic N) is 4. The van der Waals surface area contributed by atoms with Crippen molar-refractivity contribution >= 4 is 56.3 Å². The van der Waals surface area contributed by atoms with Gasteiger partial charge in [-0.05, 0) is 76.1 Å². The summed E-state index contributed by atoms with van der Waals surface area (Å²) < 4.78 is 46.1. The summed E-state index contributed by atoms with van der Waals surface area (Å²) in [7, 11) is -2.43. The van der Waals surface area contributed by atoms with E-state index in [0.29, 0.717) is 46.6 Å². The van der Waals surface area contributed by atoms with E-state index in [2.05, 4.69) is 16.6 Å². The lowest BCUT2D eigenvalue weighted by atomic mass is 9.96. The van der Waals surface area contributed by atoms with E-state index in [-0.39, 0.29) is 36.2 Å². The number of aromatic nitrogens is 2. The highest BCUT2D eigenvalue weighted by molar-refractivity contribution is 7.91. The molecule has 1 aromatic carbocycles. The minimum atomic E-state index is -3.93. The number of carbonyl (C=O) groups is 4. The quantitative estimate of drug-likeness (QED) is 0.212. The molecule has 4 amide bonds. The van der Waals surface area contributed by atoms with Gasteiger partial charge in [-0.25, -0.2) is 18.2 Å². The summed E-state index contributed by atoms with van der Waals surface area (Å²) in [5.74, 6) is -2.09. The molecular formula is C43H53ClN6O9S. The number of hydrogen-bond donors (Lipinski definition) is 2. The Bertz CT molecular complexity index is 2360. The third kappa shape index (κ3) is 8.12. The van der Waals surface area contributed by atoms with Crippen LogP contribution in [0.3, 0.4) is 0 Å². The van der Waals surface area contributed by atoms with E-state index in [0.717, 1.165) is 5.69 Å². The van der Waals surface area contributed by atoms with Gasteiger partial charge in [0.2, 0.25) is 21.8 Å². The highest BCUT2D eigenvalue weighted by Crippen LogP contribution is 2.47. The fourth-order valence-corrected chi connectivity index (χ4v) is 9.88. The normalized spacial score (nSPS) is 25.2. The van der Waals surface area contributed by atoms with Crippen molar-refractivity contribution in [1.82, 2.24) is 29.8 Å². The van der Waals surface area contributed by atoms with Gasteiger partial charge >= 0.3 is 6.09 Å². The zero-order valence-electron chi connectivity index (χ0n) is 35.2. The van der Waals surface area contributed by atoms with Gasteiger partial charge < -0.3 is 24.4 Å². The third-order valence-corrected chi connectivity index (χ3v) is 13.8. The Morgan fingerprint density at radius 3 is 2.37 bits per heavy atom. The molecule has 0 bridgehead atoms. The molecule has 2 saturated carbocycles. The number of pyridine rings is 2. The van der Waals surface area contributed by atoms with Gasteiger partial charge in [-0.1, -0.05) is 51.4 Å². The molecule has 2 aliphatic heterocycles. The monoisotopic (exact) mass is 864 g/mol. The maximum atomic E-state index is 14.8. The van der Waals surface area contributed by atoms with Crippen LogP contribution in [0.15, 0.2) is 49.1 Å². The van der Waals surface area contributed by atoms with E-state index in [1.165, 1.54) is 23.0 Å².